The normalized spacial score (nSPS) is 10.8. The summed E-state index contributed by atoms with van der Waals surface area (Å²) in [5.74, 6) is 0.0811. The zero-order chi connectivity index (χ0) is 27.8. The first-order valence-corrected chi connectivity index (χ1v) is 13.2. The molecule has 1 heterocycles. The Hall–Kier alpha value is -4.39. The van der Waals surface area contributed by atoms with Gasteiger partial charge >= 0.3 is 0 Å². The molecule has 0 bridgehead atoms. The van der Waals surface area contributed by atoms with Gasteiger partial charge in [-0.15, -0.1) is 0 Å². The van der Waals surface area contributed by atoms with Gasteiger partial charge in [0.25, 0.3) is 5.91 Å². The van der Waals surface area contributed by atoms with Crippen molar-refractivity contribution in [3.8, 4) is 5.75 Å². The van der Waals surface area contributed by atoms with E-state index in [9.17, 15) is 14.4 Å². The Bertz CT molecular complexity index is 1500. The monoisotopic (exact) mass is 526 g/mol. The highest BCUT2D eigenvalue weighted by molar-refractivity contribution is 5.96. The lowest BCUT2D eigenvalue weighted by atomic mass is 10.1. The minimum Gasteiger partial charge on any atom is -0.497 e. The average Bonchev–Trinajstić information content (AvgIpc) is 2.96. The largest absolute Gasteiger partial charge is 0.497 e. The summed E-state index contributed by atoms with van der Waals surface area (Å²) in [4.78, 5) is 43.8. The van der Waals surface area contributed by atoms with Crippen LogP contribution in [0.25, 0.3) is 11.0 Å². The lowest BCUT2D eigenvalue weighted by Gasteiger charge is -2.28. The van der Waals surface area contributed by atoms with Gasteiger partial charge in [-0.3, -0.25) is 14.4 Å². The molecule has 4 rings (SSSR count). The molecule has 0 saturated heterocycles. The van der Waals surface area contributed by atoms with Crippen molar-refractivity contribution in [2.45, 2.75) is 39.8 Å². The molecule has 0 aliphatic heterocycles. The fourth-order valence-electron chi connectivity index (χ4n) is 4.44. The molecule has 0 unspecified atom stereocenters. The molecular formula is C32H34N2O5. The third-order valence-corrected chi connectivity index (χ3v) is 6.64. The van der Waals surface area contributed by atoms with E-state index in [1.54, 1.807) is 53.3 Å². The Morgan fingerprint density at radius 1 is 0.923 bits per heavy atom. The van der Waals surface area contributed by atoms with Gasteiger partial charge in [0.15, 0.2) is 5.43 Å². The van der Waals surface area contributed by atoms with Crippen LogP contribution in [0, 0.1) is 6.92 Å². The lowest BCUT2D eigenvalue weighted by Crippen LogP contribution is -2.43. The third-order valence-electron chi connectivity index (χ3n) is 6.64. The number of aryl methyl sites for hydroxylation is 1. The van der Waals surface area contributed by atoms with E-state index in [-0.39, 0.29) is 30.3 Å². The van der Waals surface area contributed by atoms with Gasteiger partial charge in [0, 0.05) is 18.7 Å². The van der Waals surface area contributed by atoms with E-state index in [0.29, 0.717) is 40.9 Å². The van der Waals surface area contributed by atoms with Gasteiger partial charge in [-0.1, -0.05) is 61.4 Å². The van der Waals surface area contributed by atoms with Crippen molar-refractivity contribution in [2.75, 3.05) is 20.2 Å². The van der Waals surface area contributed by atoms with E-state index in [1.165, 1.54) is 6.26 Å². The van der Waals surface area contributed by atoms with Gasteiger partial charge < -0.3 is 19.0 Å². The molecule has 3 aromatic carbocycles. The quantitative estimate of drug-likeness (QED) is 0.255. The van der Waals surface area contributed by atoms with Crippen LogP contribution in [-0.4, -0.2) is 41.8 Å². The molecule has 0 N–H and O–H groups in total. The molecule has 2 amide bonds. The second-order valence-electron chi connectivity index (χ2n) is 9.64. The Kier molecular flexibility index (Phi) is 9.15. The maximum Gasteiger partial charge on any atom is 0.254 e. The first-order chi connectivity index (χ1) is 18.9. The Morgan fingerprint density at radius 3 is 2.46 bits per heavy atom. The van der Waals surface area contributed by atoms with E-state index < -0.39 is 0 Å². The van der Waals surface area contributed by atoms with Gasteiger partial charge in [0.05, 0.1) is 30.9 Å². The molecule has 0 spiro atoms. The van der Waals surface area contributed by atoms with Crippen molar-refractivity contribution in [3.05, 3.63) is 112 Å². The summed E-state index contributed by atoms with van der Waals surface area (Å²) in [5, 5.41) is 0.484. The van der Waals surface area contributed by atoms with Crippen molar-refractivity contribution in [2.24, 2.45) is 0 Å². The number of benzene rings is 3. The second kappa shape index (κ2) is 12.9. The Balaban J connectivity index is 1.63. The van der Waals surface area contributed by atoms with E-state index >= 15 is 0 Å². The van der Waals surface area contributed by atoms with Crippen LogP contribution >= 0.6 is 0 Å². The number of rotatable bonds is 11. The summed E-state index contributed by atoms with van der Waals surface area (Å²) in [6.45, 7) is 4.64. The second-order valence-corrected chi connectivity index (χ2v) is 9.64. The number of unbranched alkanes of at least 4 members (excludes halogenated alkanes) is 1. The molecule has 0 radical (unpaired) electrons. The Morgan fingerprint density at radius 2 is 1.72 bits per heavy atom. The molecule has 0 fully saturated rings. The zero-order valence-corrected chi connectivity index (χ0v) is 22.7. The van der Waals surface area contributed by atoms with Gasteiger partial charge in [-0.05, 0) is 49.2 Å². The van der Waals surface area contributed by atoms with Crippen LogP contribution in [0.15, 0.2) is 88.3 Å². The number of hydrogen-bond acceptors (Lipinski definition) is 5. The first kappa shape index (κ1) is 27.6. The highest BCUT2D eigenvalue weighted by Gasteiger charge is 2.24. The van der Waals surface area contributed by atoms with Crippen molar-refractivity contribution in [1.82, 2.24) is 9.80 Å². The molecule has 4 aromatic rings. The predicted octanol–water partition coefficient (Wildman–Crippen LogP) is 5.58. The summed E-state index contributed by atoms with van der Waals surface area (Å²) in [5.41, 5.74) is 3.05. The summed E-state index contributed by atoms with van der Waals surface area (Å²) in [6, 6.07) is 22.0. The average molecular weight is 527 g/mol. The number of ether oxygens (including phenoxy) is 1. The molecule has 0 saturated carbocycles. The van der Waals surface area contributed by atoms with Crippen LogP contribution < -0.4 is 10.2 Å². The van der Waals surface area contributed by atoms with Crippen LogP contribution in [0.3, 0.4) is 0 Å². The van der Waals surface area contributed by atoms with Crippen LogP contribution in [0.2, 0.25) is 0 Å². The highest BCUT2D eigenvalue weighted by Crippen LogP contribution is 2.18. The molecule has 7 nitrogen and oxygen atoms in total. The van der Waals surface area contributed by atoms with Gasteiger partial charge in [0.2, 0.25) is 5.91 Å². The number of nitrogens with zero attached hydrogens (tertiary/aromatic N) is 2. The lowest BCUT2D eigenvalue weighted by molar-refractivity contribution is -0.133. The maximum absolute atomic E-state index is 13.8. The van der Waals surface area contributed by atoms with Crippen molar-refractivity contribution < 1.29 is 18.7 Å². The summed E-state index contributed by atoms with van der Waals surface area (Å²) in [6.07, 6.45) is 3.07. The molecule has 1 aromatic heterocycles. The minimum atomic E-state index is -0.255. The topological polar surface area (TPSA) is 80.1 Å². The first-order valence-electron chi connectivity index (χ1n) is 13.2. The standard InChI is InChI=1S/C32H34N2O5/c1-4-5-16-33(32(37)25-12-9-13-27(18-25)38-3)21-30(35)34(19-24-10-7-6-8-11-24)20-26-22-39-29-15-14-23(2)17-28(29)31(26)36/h6-15,17-18,22H,4-5,16,19-21H2,1-3H3. The fraction of sp³-hybridized carbons (Fsp3) is 0.281. The number of amides is 2. The number of carbonyl (C=O) groups is 2. The van der Waals surface area contributed by atoms with Gasteiger partial charge in [-0.2, -0.15) is 0 Å². The number of carbonyl (C=O) groups excluding carboxylic acids is 2. The molecule has 0 aliphatic carbocycles. The van der Waals surface area contributed by atoms with Crippen LogP contribution in [0.1, 0.15) is 46.8 Å². The van der Waals surface area contributed by atoms with Crippen LogP contribution in [0.4, 0.5) is 0 Å². The SMILES string of the molecule is CCCCN(CC(=O)N(Cc1ccccc1)Cc1coc2ccc(C)cc2c1=O)C(=O)c1cccc(OC)c1. The van der Waals surface area contributed by atoms with Crippen molar-refractivity contribution >= 4 is 22.8 Å². The fourth-order valence-corrected chi connectivity index (χ4v) is 4.44. The molecule has 7 heteroatoms. The minimum absolute atomic E-state index is 0.0644. The molecular weight excluding hydrogens is 492 g/mol. The molecule has 0 atom stereocenters. The molecule has 0 aliphatic rings. The number of hydrogen-bond donors (Lipinski definition) is 0. The number of methoxy groups -OCH3 is 1. The van der Waals surface area contributed by atoms with E-state index in [0.717, 1.165) is 24.0 Å². The predicted molar refractivity (Wildman–Crippen MR) is 152 cm³/mol. The van der Waals surface area contributed by atoms with E-state index in [2.05, 4.69) is 0 Å². The number of fused-ring (bicyclic) bond motifs is 1. The zero-order valence-electron chi connectivity index (χ0n) is 22.7. The van der Waals surface area contributed by atoms with Crippen LogP contribution in [-0.2, 0) is 17.9 Å². The summed E-state index contributed by atoms with van der Waals surface area (Å²) in [7, 11) is 1.55. The smallest absolute Gasteiger partial charge is 0.254 e. The summed E-state index contributed by atoms with van der Waals surface area (Å²) >= 11 is 0. The maximum atomic E-state index is 13.8. The van der Waals surface area contributed by atoms with E-state index in [1.807, 2.05) is 50.2 Å². The highest BCUT2D eigenvalue weighted by atomic mass is 16.5. The van der Waals surface area contributed by atoms with E-state index in [4.69, 9.17) is 9.15 Å². The van der Waals surface area contributed by atoms with Gasteiger partial charge in [0.1, 0.15) is 17.9 Å². The molecule has 202 valence electrons. The van der Waals surface area contributed by atoms with Crippen molar-refractivity contribution in [3.63, 3.8) is 0 Å². The van der Waals surface area contributed by atoms with Crippen molar-refractivity contribution in [1.29, 1.82) is 0 Å². The molecule has 39 heavy (non-hydrogen) atoms. The van der Waals surface area contributed by atoms with Gasteiger partial charge in [-0.25, -0.2) is 0 Å². The van der Waals surface area contributed by atoms with Crippen LogP contribution in [0.5, 0.6) is 5.75 Å². The summed E-state index contributed by atoms with van der Waals surface area (Å²) < 4.78 is 11.0. The Labute approximate surface area is 228 Å². The third kappa shape index (κ3) is 6.93.